The van der Waals surface area contributed by atoms with Crippen LogP contribution in [0.25, 0.3) is 0 Å². The summed E-state index contributed by atoms with van der Waals surface area (Å²) in [5, 5.41) is 3.50. The summed E-state index contributed by atoms with van der Waals surface area (Å²) >= 11 is 0. The van der Waals surface area contributed by atoms with Gasteiger partial charge < -0.3 is 10.1 Å². The maximum absolute atomic E-state index is 12.0. The van der Waals surface area contributed by atoms with Crippen molar-refractivity contribution in [2.45, 2.75) is 18.9 Å². The van der Waals surface area contributed by atoms with E-state index >= 15 is 0 Å². The van der Waals surface area contributed by atoms with E-state index < -0.39 is 13.0 Å². The monoisotopic (exact) mass is 284 g/mol. The molecule has 0 aliphatic carbocycles. The first kappa shape index (κ1) is 15.4. The van der Waals surface area contributed by atoms with Gasteiger partial charge in [0.1, 0.15) is 6.61 Å². The second-order valence-corrected chi connectivity index (χ2v) is 5.11. The first-order chi connectivity index (χ1) is 9.74. The minimum Gasteiger partial charge on any atom is -0.374 e. The van der Waals surface area contributed by atoms with Crippen LogP contribution in [0.4, 0.5) is 8.78 Å². The highest BCUT2D eigenvalue weighted by molar-refractivity contribution is 5.16. The molecule has 1 aromatic carbocycles. The van der Waals surface area contributed by atoms with Crippen molar-refractivity contribution in [3.05, 3.63) is 35.9 Å². The van der Waals surface area contributed by atoms with Gasteiger partial charge in [-0.3, -0.25) is 4.90 Å². The summed E-state index contributed by atoms with van der Waals surface area (Å²) in [6.45, 7) is 3.46. The SMILES string of the molecule is FC(F)COCCN1CCNC(Cc2ccccc2)C1. The predicted octanol–water partition coefficient (Wildman–Crippen LogP) is 1.78. The Morgan fingerprint density at radius 3 is 2.85 bits per heavy atom. The molecular weight excluding hydrogens is 262 g/mol. The van der Waals surface area contributed by atoms with Crippen LogP contribution in [-0.4, -0.2) is 56.8 Å². The van der Waals surface area contributed by atoms with E-state index in [1.807, 2.05) is 18.2 Å². The Bertz CT molecular complexity index is 375. The lowest BCUT2D eigenvalue weighted by Crippen LogP contribution is -2.52. The first-order valence-electron chi connectivity index (χ1n) is 7.09. The highest BCUT2D eigenvalue weighted by Crippen LogP contribution is 2.07. The van der Waals surface area contributed by atoms with E-state index in [2.05, 4.69) is 22.3 Å². The lowest BCUT2D eigenvalue weighted by Gasteiger charge is -2.33. The molecule has 2 rings (SSSR count). The molecule has 0 saturated carbocycles. The molecule has 1 N–H and O–H groups in total. The van der Waals surface area contributed by atoms with Gasteiger partial charge in [-0.15, -0.1) is 0 Å². The van der Waals surface area contributed by atoms with E-state index in [9.17, 15) is 8.78 Å². The molecule has 0 spiro atoms. The van der Waals surface area contributed by atoms with Crippen molar-refractivity contribution in [2.75, 3.05) is 39.4 Å². The van der Waals surface area contributed by atoms with Gasteiger partial charge in [0, 0.05) is 32.2 Å². The van der Waals surface area contributed by atoms with Crippen LogP contribution in [0, 0.1) is 0 Å². The maximum Gasteiger partial charge on any atom is 0.261 e. The quantitative estimate of drug-likeness (QED) is 0.773. The van der Waals surface area contributed by atoms with Crippen molar-refractivity contribution in [1.29, 1.82) is 0 Å². The molecule has 1 heterocycles. The van der Waals surface area contributed by atoms with Gasteiger partial charge in [-0.25, -0.2) is 8.78 Å². The van der Waals surface area contributed by atoms with E-state index in [1.165, 1.54) is 5.56 Å². The molecule has 0 aromatic heterocycles. The fourth-order valence-electron chi connectivity index (χ4n) is 2.50. The fraction of sp³-hybridized carbons (Fsp3) is 0.600. The summed E-state index contributed by atoms with van der Waals surface area (Å²) in [6, 6.07) is 10.8. The number of rotatable bonds is 7. The van der Waals surface area contributed by atoms with Gasteiger partial charge in [0.2, 0.25) is 0 Å². The minimum absolute atomic E-state index is 0.377. The third kappa shape index (κ3) is 5.53. The average molecular weight is 284 g/mol. The Labute approximate surface area is 118 Å². The summed E-state index contributed by atoms with van der Waals surface area (Å²) < 4.78 is 28.9. The number of nitrogens with one attached hydrogen (secondary N) is 1. The third-order valence-corrected chi connectivity index (χ3v) is 3.46. The summed E-state index contributed by atoms with van der Waals surface area (Å²) in [4.78, 5) is 2.27. The Kier molecular flexibility index (Phi) is 6.36. The molecule has 1 aliphatic heterocycles. The molecule has 5 heteroatoms. The molecular formula is C15H22F2N2O. The van der Waals surface area contributed by atoms with Gasteiger partial charge in [-0.1, -0.05) is 30.3 Å². The summed E-state index contributed by atoms with van der Waals surface area (Å²) in [7, 11) is 0. The molecule has 1 fully saturated rings. The van der Waals surface area contributed by atoms with E-state index in [0.717, 1.165) is 32.6 Å². The summed E-state index contributed by atoms with van der Waals surface area (Å²) in [5.74, 6) is 0. The Morgan fingerprint density at radius 1 is 1.30 bits per heavy atom. The fourth-order valence-corrected chi connectivity index (χ4v) is 2.50. The van der Waals surface area contributed by atoms with Crippen molar-refractivity contribution >= 4 is 0 Å². The van der Waals surface area contributed by atoms with Gasteiger partial charge in [0.05, 0.1) is 6.61 Å². The van der Waals surface area contributed by atoms with Gasteiger partial charge >= 0.3 is 0 Å². The van der Waals surface area contributed by atoms with Crippen LogP contribution in [0.5, 0.6) is 0 Å². The molecule has 1 unspecified atom stereocenters. The van der Waals surface area contributed by atoms with Crippen molar-refractivity contribution in [1.82, 2.24) is 10.2 Å². The average Bonchev–Trinajstić information content (AvgIpc) is 2.45. The number of piperazine rings is 1. The topological polar surface area (TPSA) is 24.5 Å². The van der Waals surface area contributed by atoms with Crippen molar-refractivity contribution < 1.29 is 13.5 Å². The third-order valence-electron chi connectivity index (χ3n) is 3.46. The lowest BCUT2D eigenvalue weighted by atomic mass is 10.0. The van der Waals surface area contributed by atoms with Crippen LogP contribution < -0.4 is 5.32 Å². The van der Waals surface area contributed by atoms with Crippen molar-refractivity contribution in [3.8, 4) is 0 Å². The Balaban J connectivity index is 1.69. The Hall–Kier alpha value is -1.04. The van der Waals surface area contributed by atoms with Crippen molar-refractivity contribution in [2.24, 2.45) is 0 Å². The van der Waals surface area contributed by atoms with Crippen LogP contribution in [0.3, 0.4) is 0 Å². The largest absolute Gasteiger partial charge is 0.374 e. The van der Waals surface area contributed by atoms with E-state index in [1.54, 1.807) is 0 Å². The molecule has 3 nitrogen and oxygen atoms in total. The first-order valence-corrected chi connectivity index (χ1v) is 7.09. The number of hydrogen-bond acceptors (Lipinski definition) is 3. The smallest absolute Gasteiger partial charge is 0.261 e. The molecule has 1 atom stereocenters. The highest BCUT2D eigenvalue weighted by atomic mass is 19.3. The van der Waals surface area contributed by atoms with Crippen LogP contribution in [0.15, 0.2) is 30.3 Å². The van der Waals surface area contributed by atoms with Gasteiger partial charge in [0.15, 0.2) is 0 Å². The summed E-state index contributed by atoms with van der Waals surface area (Å²) in [5.41, 5.74) is 1.32. The number of nitrogens with zero attached hydrogens (tertiary/aromatic N) is 1. The molecule has 0 amide bonds. The number of benzene rings is 1. The van der Waals surface area contributed by atoms with Crippen LogP contribution in [-0.2, 0) is 11.2 Å². The van der Waals surface area contributed by atoms with E-state index in [-0.39, 0.29) is 0 Å². The van der Waals surface area contributed by atoms with Gasteiger partial charge in [-0.05, 0) is 12.0 Å². The number of ether oxygens (including phenoxy) is 1. The predicted molar refractivity (Wildman–Crippen MR) is 75.2 cm³/mol. The van der Waals surface area contributed by atoms with Gasteiger partial charge in [-0.2, -0.15) is 0 Å². The Morgan fingerprint density at radius 2 is 2.10 bits per heavy atom. The number of hydrogen-bond donors (Lipinski definition) is 1. The molecule has 0 bridgehead atoms. The second kappa shape index (κ2) is 8.29. The van der Waals surface area contributed by atoms with Crippen LogP contribution >= 0.6 is 0 Å². The molecule has 1 aromatic rings. The van der Waals surface area contributed by atoms with E-state index in [4.69, 9.17) is 4.74 Å². The van der Waals surface area contributed by atoms with Crippen LogP contribution in [0.1, 0.15) is 5.56 Å². The molecule has 0 radical (unpaired) electrons. The molecule has 1 saturated heterocycles. The van der Waals surface area contributed by atoms with Crippen molar-refractivity contribution in [3.63, 3.8) is 0 Å². The maximum atomic E-state index is 12.0. The molecule has 112 valence electrons. The van der Waals surface area contributed by atoms with Crippen LogP contribution in [0.2, 0.25) is 0 Å². The zero-order valence-corrected chi connectivity index (χ0v) is 11.6. The minimum atomic E-state index is -2.37. The standard InChI is InChI=1S/C15H22F2N2O/c16-15(17)12-20-9-8-19-7-6-18-14(11-19)10-13-4-2-1-3-5-13/h1-5,14-15,18H,6-12H2. The normalized spacial score (nSPS) is 20.4. The zero-order valence-electron chi connectivity index (χ0n) is 11.6. The number of halogens is 2. The molecule has 20 heavy (non-hydrogen) atoms. The highest BCUT2D eigenvalue weighted by Gasteiger charge is 2.19. The van der Waals surface area contributed by atoms with Gasteiger partial charge in [0.25, 0.3) is 6.43 Å². The van der Waals surface area contributed by atoms with E-state index in [0.29, 0.717) is 12.6 Å². The number of alkyl halides is 2. The lowest BCUT2D eigenvalue weighted by molar-refractivity contribution is 0.00754. The zero-order chi connectivity index (χ0) is 14.2. The second-order valence-electron chi connectivity index (χ2n) is 5.11. The molecule has 1 aliphatic rings. The summed E-state index contributed by atoms with van der Waals surface area (Å²) in [6.07, 6.45) is -1.38.